The first-order valence-electron chi connectivity index (χ1n) is 9.05. The van der Waals surface area contributed by atoms with Gasteiger partial charge < -0.3 is 5.32 Å². The van der Waals surface area contributed by atoms with Crippen molar-refractivity contribution in [3.05, 3.63) is 74.1 Å². The molecule has 146 valence electrons. The van der Waals surface area contributed by atoms with E-state index in [0.29, 0.717) is 22.8 Å². The maximum absolute atomic E-state index is 14.0. The van der Waals surface area contributed by atoms with Crippen molar-refractivity contribution < 1.29 is 4.39 Å². The summed E-state index contributed by atoms with van der Waals surface area (Å²) >= 11 is 2.30. The number of nitrogens with zero attached hydrogens (tertiary/aromatic N) is 5. The molecular weight excluding hydrogens is 482 g/mol. The summed E-state index contributed by atoms with van der Waals surface area (Å²) in [5.41, 5.74) is 3.23. The van der Waals surface area contributed by atoms with Crippen molar-refractivity contribution in [3.8, 4) is 12.0 Å². The van der Waals surface area contributed by atoms with Crippen molar-refractivity contribution in [1.82, 2.24) is 19.7 Å². The summed E-state index contributed by atoms with van der Waals surface area (Å²) in [6, 6.07) is 8.61. The van der Waals surface area contributed by atoms with Crippen LogP contribution in [0.1, 0.15) is 43.2 Å². The minimum Gasteiger partial charge on any atom is -0.342 e. The van der Waals surface area contributed by atoms with Crippen molar-refractivity contribution >= 4 is 28.4 Å². The lowest BCUT2D eigenvalue weighted by atomic mass is 9.85. The van der Waals surface area contributed by atoms with Crippen LogP contribution in [0.4, 0.5) is 10.2 Å². The van der Waals surface area contributed by atoms with Crippen molar-refractivity contribution in [1.29, 1.82) is 5.26 Å². The fourth-order valence-electron chi connectivity index (χ4n) is 3.52. The van der Waals surface area contributed by atoms with Crippen LogP contribution in [0.25, 0.3) is 5.95 Å². The van der Waals surface area contributed by atoms with E-state index >= 15 is 0 Å². The fourth-order valence-corrected chi connectivity index (χ4v) is 4.33. The first-order chi connectivity index (χ1) is 13.8. The molecule has 0 radical (unpaired) electrons. The van der Waals surface area contributed by atoms with Gasteiger partial charge in [0.05, 0.1) is 17.5 Å². The summed E-state index contributed by atoms with van der Waals surface area (Å²) in [7, 11) is 0. The third-order valence-electron chi connectivity index (χ3n) is 5.09. The van der Waals surface area contributed by atoms with Crippen molar-refractivity contribution in [2.75, 3.05) is 5.32 Å². The molecule has 2 aromatic heterocycles. The number of nitriles is 1. The maximum Gasteiger partial charge on any atom is 0.252 e. The van der Waals surface area contributed by atoms with Crippen molar-refractivity contribution in [3.63, 3.8) is 0 Å². The van der Waals surface area contributed by atoms with Crippen LogP contribution in [0.15, 0.2) is 45.9 Å². The Morgan fingerprint density at radius 1 is 1.34 bits per heavy atom. The van der Waals surface area contributed by atoms with Gasteiger partial charge in [0.15, 0.2) is 0 Å². The molecule has 0 saturated heterocycles. The molecule has 6 nitrogen and oxygen atoms in total. The molecule has 1 aromatic carbocycles. The van der Waals surface area contributed by atoms with E-state index in [0.717, 1.165) is 20.7 Å². The van der Waals surface area contributed by atoms with E-state index in [9.17, 15) is 9.65 Å². The summed E-state index contributed by atoms with van der Waals surface area (Å²) in [6.45, 7) is 6.30. The second-order valence-electron chi connectivity index (χ2n) is 7.40. The lowest BCUT2D eigenvalue weighted by molar-refractivity contribution is 0.612. The van der Waals surface area contributed by atoms with E-state index in [-0.39, 0.29) is 17.7 Å². The average molecular weight is 500 g/mol. The second kappa shape index (κ2) is 7.22. The minimum absolute atomic E-state index is 0.211. The van der Waals surface area contributed by atoms with Crippen LogP contribution in [-0.2, 0) is 11.8 Å². The van der Waals surface area contributed by atoms with Crippen molar-refractivity contribution in [2.24, 2.45) is 0 Å². The van der Waals surface area contributed by atoms with Gasteiger partial charge in [-0.05, 0) is 41.1 Å². The first kappa shape index (κ1) is 19.5. The summed E-state index contributed by atoms with van der Waals surface area (Å²) < 4.78 is 16.6. The molecule has 1 aliphatic heterocycles. The van der Waals surface area contributed by atoms with Crippen LogP contribution in [0.2, 0.25) is 0 Å². The molecule has 29 heavy (non-hydrogen) atoms. The maximum atomic E-state index is 14.0. The monoisotopic (exact) mass is 500 g/mol. The molecule has 0 saturated carbocycles. The molecule has 0 bridgehead atoms. The molecule has 0 atom stereocenters. The summed E-state index contributed by atoms with van der Waals surface area (Å²) in [6.07, 6.45) is 3.60. The number of anilines is 1. The first-order valence-corrected chi connectivity index (χ1v) is 10.1. The average Bonchev–Trinajstić information content (AvgIpc) is 3.21. The molecule has 0 fully saturated rings. The quantitative estimate of drug-likeness (QED) is 0.531. The van der Waals surface area contributed by atoms with Gasteiger partial charge >= 0.3 is 0 Å². The van der Waals surface area contributed by atoms with Gasteiger partial charge in [0, 0.05) is 32.9 Å². The molecule has 8 heteroatoms. The molecule has 0 amide bonds. The van der Waals surface area contributed by atoms with Gasteiger partial charge in [-0.1, -0.05) is 32.0 Å². The number of hydrogen-bond donors (Lipinski definition) is 1. The topological polar surface area (TPSA) is 79.4 Å². The van der Waals surface area contributed by atoms with Crippen LogP contribution in [-0.4, -0.2) is 19.7 Å². The number of rotatable bonds is 3. The number of benzene rings is 1. The van der Waals surface area contributed by atoms with E-state index in [4.69, 9.17) is 0 Å². The zero-order valence-electron chi connectivity index (χ0n) is 16.2. The Morgan fingerprint density at radius 3 is 2.79 bits per heavy atom. The van der Waals surface area contributed by atoms with Crippen LogP contribution in [0.5, 0.6) is 0 Å². The highest BCUT2D eigenvalue weighted by molar-refractivity contribution is 14.1. The predicted octanol–water partition coefficient (Wildman–Crippen LogP) is 4.63. The predicted molar refractivity (Wildman–Crippen MR) is 116 cm³/mol. The van der Waals surface area contributed by atoms with Gasteiger partial charge in [-0.2, -0.15) is 15.3 Å². The Bertz CT molecular complexity index is 1180. The molecule has 1 aliphatic rings. The second-order valence-corrected chi connectivity index (χ2v) is 9.02. The molecule has 4 rings (SSSR count). The number of aromatic nitrogens is 4. The zero-order valence-corrected chi connectivity index (χ0v) is 18.3. The molecule has 1 N–H and O–H groups in total. The number of fused-ring (bicyclic) bond motifs is 1. The normalized spacial score (nSPS) is 16.1. The smallest absolute Gasteiger partial charge is 0.252 e. The van der Waals surface area contributed by atoms with E-state index < -0.39 is 0 Å². The number of hydrogen-bond acceptors (Lipinski definition) is 5. The lowest BCUT2D eigenvalue weighted by Gasteiger charge is -2.20. The zero-order chi connectivity index (χ0) is 20.8. The molecule has 0 unspecified atom stereocenters. The van der Waals surface area contributed by atoms with Gasteiger partial charge in [-0.3, -0.25) is 0 Å². The van der Waals surface area contributed by atoms with Gasteiger partial charge in [0.25, 0.3) is 5.95 Å². The SMILES string of the molecule is C/C(I)=C1\Nc2nc(-n3cc(C#N)c(Cc4ccccc4F)n3)ncc2C1(C)C. The summed E-state index contributed by atoms with van der Waals surface area (Å²) in [4.78, 5) is 9.09. The standard InChI is InChI=1S/C21H18FIN6/c1-12(23)18-21(2,3)15-10-25-20(27-19(15)26-18)29-11-14(9-24)17(28-29)8-13-6-4-5-7-16(13)22/h4-7,10-11H,8H2,1-3H3,(H,25,26,27)/b18-12+. The van der Waals surface area contributed by atoms with Gasteiger partial charge in [0.1, 0.15) is 17.7 Å². The molecule has 3 aromatic rings. The number of allylic oxidation sites excluding steroid dienone is 2. The van der Waals surface area contributed by atoms with Crippen LogP contribution in [0, 0.1) is 17.1 Å². The third kappa shape index (κ3) is 3.40. The third-order valence-corrected chi connectivity index (χ3v) is 5.63. The van der Waals surface area contributed by atoms with E-state index in [2.05, 4.69) is 62.9 Å². The Morgan fingerprint density at radius 2 is 2.10 bits per heavy atom. The molecular formula is C21H18FIN6. The summed E-state index contributed by atoms with van der Waals surface area (Å²) in [5.74, 6) is 0.769. The van der Waals surface area contributed by atoms with E-state index in [1.165, 1.54) is 10.7 Å². The molecule has 0 aliphatic carbocycles. The fraction of sp³-hybridized carbons (Fsp3) is 0.238. The molecule has 0 spiro atoms. The highest BCUT2D eigenvalue weighted by atomic mass is 127. The lowest BCUT2D eigenvalue weighted by Crippen LogP contribution is -2.18. The Kier molecular flexibility index (Phi) is 4.86. The Balaban J connectivity index is 1.72. The van der Waals surface area contributed by atoms with Crippen LogP contribution in [0.3, 0.4) is 0 Å². The van der Waals surface area contributed by atoms with Crippen LogP contribution >= 0.6 is 22.6 Å². The van der Waals surface area contributed by atoms with Crippen LogP contribution < -0.4 is 5.32 Å². The highest BCUT2D eigenvalue weighted by Gasteiger charge is 2.37. The van der Waals surface area contributed by atoms with E-state index in [1.54, 1.807) is 30.6 Å². The minimum atomic E-state index is -0.320. The number of halogens is 2. The van der Waals surface area contributed by atoms with Gasteiger partial charge in [-0.25, -0.2) is 14.1 Å². The summed E-state index contributed by atoms with van der Waals surface area (Å²) in [5, 5.41) is 17.3. The van der Waals surface area contributed by atoms with E-state index in [1.807, 2.05) is 6.92 Å². The number of nitrogens with one attached hydrogen (secondary N) is 1. The molecule has 3 heterocycles. The van der Waals surface area contributed by atoms with Gasteiger partial charge in [-0.15, -0.1) is 0 Å². The van der Waals surface area contributed by atoms with Gasteiger partial charge in [0.2, 0.25) is 0 Å². The highest BCUT2D eigenvalue weighted by Crippen LogP contribution is 2.44. The Labute approximate surface area is 181 Å². The Hall–Kier alpha value is -2.80. The van der Waals surface area contributed by atoms with Crippen molar-refractivity contribution in [2.45, 2.75) is 32.6 Å². The largest absolute Gasteiger partial charge is 0.342 e.